The molecule has 18 heavy (non-hydrogen) atoms. The van der Waals surface area contributed by atoms with Crippen molar-refractivity contribution >= 4 is 17.5 Å². The third-order valence-electron chi connectivity index (χ3n) is 2.72. The molecule has 1 unspecified atom stereocenters. The van der Waals surface area contributed by atoms with Gasteiger partial charge in [0.05, 0.1) is 6.42 Å². The molecular weight excluding hydrogens is 260 g/mol. The van der Waals surface area contributed by atoms with Crippen molar-refractivity contribution in [3.63, 3.8) is 0 Å². The number of carbonyl (C=O) groups is 1. The lowest BCUT2D eigenvalue weighted by molar-refractivity contribution is -0.121. The van der Waals surface area contributed by atoms with Crippen LogP contribution in [0.5, 0.6) is 0 Å². The highest BCUT2D eigenvalue weighted by Gasteiger charge is 2.18. The zero-order chi connectivity index (χ0) is 13.7. The highest BCUT2D eigenvalue weighted by atomic mass is 35.5. The Balaban J connectivity index is 2.70. The number of halogens is 3. The molecule has 1 rings (SSSR count). The van der Waals surface area contributed by atoms with Gasteiger partial charge in [-0.1, -0.05) is 19.9 Å². The Labute approximate surface area is 110 Å². The van der Waals surface area contributed by atoms with Gasteiger partial charge in [-0.2, -0.15) is 0 Å². The molecule has 0 saturated heterocycles. The Bertz CT molecular complexity index is 403. The van der Waals surface area contributed by atoms with Crippen molar-refractivity contribution in [3.8, 4) is 0 Å². The summed E-state index contributed by atoms with van der Waals surface area (Å²) < 4.78 is 26.7. The molecule has 0 heterocycles. The van der Waals surface area contributed by atoms with Gasteiger partial charge in [-0.15, -0.1) is 11.6 Å². The van der Waals surface area contributed by atoms with E-state index in [0.717, 1.165) is 12.1 Å². The van der Waals surface area contributed by atoms with E-state index < -0.39 is 17.5 Å². The topological polar surface area (TPSA) is 29.1 Å². The summed E-state index contributed by atoms with van der Waals surface area (Å²) >= 11 is 5.71. The number of benzene rings is 1. The fourth-order valence-electron chi connectivity index (χ4n) is 1.50. The molecule has 0 spiro atoms. The van der Waals surface area contributed by atoms with E-state index in [2.05, 4.69) is 5.32 Å². The number of rotatable bonds is 5. The van der Waals surface area contributed by atoms with E-state index in [4.69, 9.17) is 11.6 Å². The summed E-state index contributed by atoms with van der Waals surface area (Å²) in [5.74, 6) is -1.42. The van der Waals surface area contributed by atoms with Crippen LogP contribution in [-0.2, 0) is 11.2 Å². The second-order valence-corrected chi connectivity index (χ2v) is 4.76. The van der Waals surface area contributed by atoms with Gasteiger partial charge < -0.3 is 5.32 Å². The summed E-state index contributed by atoms with van der Waals surface area (Å²) in [5.41, 5.74) is -0.216. The van der Waals surface area contributed by atoms with E-state index in [-0.39, 0.29) is 29.8 Å². The molecule has 1 amide bonds. The van der Waals surface area contributed by atoms with E-state index in [1.165, 1.54) is 6.07 Å². The first-order valence-corrected chi connectivity index (χ1v) is 6.27. The molecule has 0 fully saturated rings. The number of hydrogen-bond donors (Lipinski definition) is 1. The van der Waals surface area contributed by atoms with E-state index >= 15 is 0 Å². The monoisotopic (exact) mass is 275 g/mol. The second kappa shape index (κ2) is 6.69. The first-order chi connectivity index (χ1) is 8.45. The van der Waals surface area contributed by atoms with Crippen molar-refractivity contribution in [1.82, 2.24) is 5.32 Å². The second-order valence-electron chi connectivity index (χ2n) is 4.45. The lowest BCUT2D eigenvalue weighted by atomic mass is 10.1. The predicted molar refractivity (Wildman–Crippen MR) is 67.6 cm³/mol. The molecule has 100 valence electrons. The van der Waals surface area contributed by atoms with Crippen LogP contribution < -0.4 is 5.32 Å². The molecule has 0 aliphatic rings. The summed E-state index contributed by atoms with van der Waals surface area (Å²) in [4.78, 5) is 11.7. The highest BCUT2D eigenvalue weighted by molar-refractivity contribution is 6.18. The molecule has 1 aromatic rings. The molecule has 1 atom stereocenters. The van der Waals surface area contributed by atoms with Gasteiger partial charge in [-0.3, -0.25) is 4.79 Å². The minimum Gasteiger partial charge on any atom is -0.352 e. The quantitative estimate of drug-likeness (QED) is 0.823. The standard InChI is InChI=1S/C13H16ClF2NO/c1-8(2)12(7-14)17-13(18)6-9-10(15)4-3-5-11(9)16/h3-5,8,12H,6-7H2,1-2H3,(H,17,18). The molecule has 0 saturated carbocycles. The molecule has 0 aliphatic heterocycles. The number of hydrogen-bond acceptors (Lipinski definition) is 1. The molecule has 5 heteroatoms. The van der Waals surface area contributed by atoms with Gasteiger partial charge in [0, 0.05) is 17.5 Å². The van der Waals surface area contributed by atoms with E-state index in [1.807, 2.05) is 13.8 Å². The average Bonchev–Trinajstić information content (AvgIpc) is 2.30. The van der Waals surface area contributed by atoms with Gasteiger partial charge in [0.1, 0.15) is 11.6 Å². The maximum absolute atomic E-state index is 13.3. The lowest BCUT2D eigenvalue weighted by Crippen LogP contribution is -2.40. The van der Waals surface area contributed by atoms with Crippen molar-refractivity contribution < 1.29 is 13.6 Å². The van der Waals surface area contributed by atoms with Crippen LogP contribution >= 0.6 is 11.6 Å². The third-order valence-corrected chi connectivity index (χ3v) is 3.05. The number of carbonyl (C=O) groups excluding carboxylic acids is 1. The molecular formula is C13H16ClF2NO. The summed E-state index contributed by atoms with van der Waals surface area (Å²) in [7, 11) is 0. The molecule has 0 aliphatic carbocycles. The van der Waals surface area contributed by atoms with Gasteiger partial charge in [0.15, 0.2) is 0 Å². The van der Waals surface area contributed by atoms with Crippen LogP contribution in [0, 0.1) is 17.6 Å². The molecule has 2 nitrogen and oxygen atoms in total. The first kappa shape index (κ1) is 14.9. The Kier molecular flexibility index (Phi) is 5.54. The lowest BCUT2D eigenvalue weighted by Gasteiger charge is -2.19. The number of alkyl halides is 1. The smallest absolute Gasteiger partial charge is 0.224 e. The van der Waals surface area contributed by atoms with Crippen LogP contribution in [0.25, 0.3) is 0 Å². The van der Waals surface area contributed by atoms with Crippen molar-refractivity contribution in [2.75, 3.05) is 5.88 Å². The van der Waals surface area contributed by atoms with Crippen molar-refractivity contribution in [2.24, 2.45) is 5.92 Å². The Hall–Kier alpha value is -1.16. The number of amides is 1. The zero-order valence-corrected chi connectivity index (χ0v) is 11.1. The van der Waals surface area contributed by atoms with E-state index in [0.29, 0.717) is 0 Å². The van der Waals surface area contributed by atoms with Crippen molar-refractivity contribution in [1.29, 1.82) is 0 Å². The van der Waals surface area contributed by atoms with Crippen LogP contribution in [-0.4, -0.2) is 17.8 Å². The van der Waals surface area contributed by atoms with E-state index in [1.54, 1.807) is 0 Å². The van der Waals surface area contributed by atoms with Crippen LogP contribution in [0.2, 0.25) is 0 Å². The van der Waals surface area contributed by atoms with Crippen molar-refractivity contribution in [3.05, 3.63) is 35.4 Å². The maximum atomic E-state index is 13.3. The molecule has 0 bridgehead atoms. The minimum atomic E-state index is -0.711. The van der Waals surface area contributed by atoms with Crippen molar-refractivity contribution in [2.45, 2.75) is 26.3 Å². The summed E-state index contributed by atoms with van der Waals surface area (Å²) in [6.07, 6.45) is -0.321. The summed E-state index contributed by atoms with van der Waals surface area (Å²) in [6, 6.07) is 3.33. The molecule has 1 N–H and O–H groups in total. The molecule has 0 radical (unpaired) electrons. The average molecular weight is 276 g/mol. The molecule has 0 aromatic heterocycles. The summed E-state index contributed by atoms with van der Waals surface area (Å²) in [5, 5.41) is 2.66. The van der Waals surface area contributed by atoms with Gasteiger partial charge in [0.25, 0.3) is 0 Å². The van der Waals surface area contributed by atoms with Gasteiger partial charge in [0.2, 0.25) is 5.91 Å². The highest BCUT2D eigenvalue weighted by Crippen LogP contribution is 2.13. The minimum absolute atomic E-state index is 0.164. The van der Waals surface area contributed by atoms with Gasteiger partial charge in [-0.05, 0) is 18.1 Å². The molecule has 1 aromatic carbocycles. The maximum Gasteiger partial charge on any atom is 0.224 e. The fourth-order valence-corrected chi connectivity index (χ4v) is 1.94. The largest absolute Gasteiger partial charge is 0.352 e. The van der Waals surface area contributed by atoms with Crippen LogP contribution in [0.15, 0.2) is 18.2 Å². The Morgan fingerprint density at radius 2 is 1.89 bits per heavy atom. The van der Waals surface area contributed by atoms with E-state index in [9.17, 15) is 13.6 Å². The van der Waals surface area contributed by atoms with Crippen LogP contribution in [0.3, 0.4) is 0 Å². The van der Waals surface area contributed by atoms with Crippen LogP contribution in [0.1, 0.15) is 19.4 Å². The summed E-state index contributed by atoms with van der Waals surface area (Å²) in [6.45, 7) is 3.83. The first-order valence-electron chi connectivity index (χ1n) is 5.74. The zero-order valence-electron chi connectivity index (χ0n) is 10.3. The normalized spacial score (nSPS) is 12.6. The SMILES string of the molecule is CC(C)C(CCl)NC(=O)Cc1c(F)cccc1F. The number of nitrogens with one attached hydrogen (secondary N) is 1. The van der Waals surface area contributed by atoms with Gasteiger partial charge >= 0.3 is 0 Å². The van der Waals surface area contributed by atoms with Crippen LogP contribution in [0.4, 0.5) is 8.78 Å². The Morgan fingerprint density at radius 1 is 1.33 bits per heavy atom. The predicted octanol–water partition coefficient (Wildman–Crippen LogP) is 2.89. The third kappa shape index (κ3) is 3.95. The Morgan fingerprint density at radius 3 is 2.33 bits per heavy atom. The van der Waals surface area contributed by atoms with Gasteiger partial charge in [-0.25, -0.2) is 8.78 Å². The fraction of sp³-hybridized carbons (Fsp3) is 0.462.